The zero-order valence-electron chi connectivity index (χ0n) is 14.1. The molecule has 2 heterocycles. The van der Waals surface area contributed by atoms with E-state index in [0.29, 0.717) is 24.2 Å². The summed E-state index contributed by atoms with van der Waals surface area (Å²) in [5.41, 5.74) is 5.52. The molecule has 1 aromatic heterocycles. The second-order valence-corrected chi connectivity index (χ2v) is 6.43. The van der Waals surface area contributed by atoms with Crippen molar-refractivity contribution in [3.05, 3.63) is 71.0 Å². The molecule has 0 saturated heterocycles. The highest BCUT2D eigenvalue weighted by Crippen LogP contribution is 2.23. The van der Waals surface area contributed by atoms with Crippen LogP contribution in [0.5, 0.6) is 0 Å². The number of carbonyl (C=O) groups excluding carboxylic acids is 2. The van der Waals surface area contributed by atoms with E-state index in [-0.39, 0.29) is 5.91 Å². The van der Waals surface area contributed by atoms with Crippen molar-refractivity contribution in [2.24, 2.45) is 0 Å². The van der Waals surface area contributed by atoms with Gasteiger partial charge in [-0.25, -0.2) is 5.48 Å². The van der Waals surface area contributed by atoms with E-state index in [1.807, 2.05) is 29.2 Å². The van der Waals surface area contributed by atoms with E-state index in [9.17, 15) is 9.59 Å². The molecular weight excluding hydrogens is 332 g/mol. The zero-order chi connectivity index (χ0) is 18.1. The van der Waals surface area contributed by atoms with Gasteiger partial charge in [0.1, 0.15) is 5.58 Å². The SMILES string of the molecule is O=C(NO)c1ccc2c(c1)CCCN(C(=O)c1ccc3occc3c1)C2. The molecule has 2 aromatic carbocycles. The third kappa shape index (κ3) is 2.95. The number of furan rings is 1. The number of rotatable bonds is 2. The molecular formula is C20H18N2O4. The molecule has 3 aromatic rings. The first kappa shape index (κ1) is 16.4. The van der Waals surface area contributed by atoms with Gasteiger partial charge in [-0.1, -0.05) is 6.07 Å². The van der Waals surface area contributed by atoms with Gasteiger partial charge >= 0.3 is 0 Å². The number of aryl methyl sites for hydroxylation is 1. The average Bonchev–Trinajstić information content (AvgIpc) is 3.04. The number of hydroxylamine groups is 1. The lowest BCUT2D eigenvalue weighted by Gasteiger charge is -2.21. The first-order valence-electron chi connectivity index (χ1n) is 8.48. The van der Waals surface area contributed by atoms with Gasteiger partial charge in [-0.05, 0) is 60.4 Å². The van der Waals surface area contributed by atoms with E-state index in [2.05, 4.69) is 0 Å². The van der Waals surface area contributed by atoms with Crippen molar-refractivity contribution in [1.82, 2.24) is 10.4 Å². The molecule has 0 saturated carbocycles. The summed E-state index contributed by atoms with van der Waals surface area (Å²) >= 11 is 0. The molecule has 0 unspecified atom stereocenters. The van der Waals surface area contributed by atoms with E-state index in [1.165, 1.54) is 0 Å². The Morgan fingerprint density at radius 1 is 1.04 bits per heavy atom. The number of amides is 2. The van der Waals surface area contributed by atoms with Crippen molar-refractivity contribution >= 4 is 22.8 Å². The van der Waals surface area contributed by atoms with Crippen molar-refractivity contribution in [1.29, 1.82) is 0 Å². The minimum atomic E-state index is -0.529. The van der Waals surface area contributed by atoms with Gasteiger partial charge in [-0.2, -0.15) is 0 Å². The molecule has 26 heavy (non-hydrogen) atoms. The van der Waals surface area contributed by atoms with Crippen LogP contribution in [0.15, 0.2) is 53.1 Å². The van der Waals surface area contributed by atoms with E-state index in [4.69, 9.17) is 9.62 Å². The molecule has 0 radical (unpaired) electrons. The van der Waals surface area contributed by atoms with Crippen molar-refractivity contribution in [2.75, 3.05) is 6.54 Å². The van der Waals surface area contributed by atoms with Crippen LogP contribution < -0.4 is 5.48 Å². The Balaban J connectivity index is 1.60. The molecule has 6 heteroatoms. The normalized spacial score (nSPS) is 14.0. The van der Waals surface area contributed by atoms with Crippen LogP contribution in [-0.2, 0) is 13.0 Å². The van der Waals surface area contributed by atoms with Gasteiger partial charge in [0.2, 0.25) is 0 Å². The number of benzene rings is 2. The Morgan fingerprint density at radius 2 is 1.88 bits per heavy atom. The Labute approximate surface area is 150 Å². The van der Waals surface area contributed by atoms with Gasteiger partial charge in [0.05, 0.1) is 6.26 Å². The summed E-state index contributed by atoms with van der Waals surface area (Å²) in [7, 11) is 0. The lowest BCUT2D eigenvalue weighted by Crippen LogP contribution is -2.30. The predicted molar refractivity (Wildman–Crippen MR) is 95.0 cm³/mol. The zero-order valence-corrected chi connectivity index (χ0v) is 14.1. The predicted octanol–water partition coefficient (Wildman–Crippen LogP) is 3.14. The van der Waals surface area contributed by atoms with Crippen LogP contribution in [-0.4, -0.2) is 28.5 Å². The van der Waals surface area contributed by atoms with Crippen molar-refractivity contribution in [3.63, 3.8) is 0 Å². The van der Waals surface area contributed by atoms with Crippen LogP contribution in [0.4, 0.5) is 0 Å². The van der Waals surface area contributed by atoms with Crippen LogP contribution in [0, 0.1) is 0 Å². The van der Waals surface area contributed by atoms with Gasteiger partial charge in [-0.15, -0.1) is 0 Å². The Morgan fingerprint density at radius 3 is 2.73 bits per heavy atom. The Bertz CT molecular complexity index is 992. The Kier molecular flexibility index (Phi) is 4.18. The standard InChI is InChI=1S/C20H18N2O4/c23-19(21-25)15-3-4-17-12-22(8-1-2-13(17)10-15)20(24)16-5-6-18-14(11-16)7-9-26-18/h3-7,9-11,25H,1-2,8,12H2,(H,21,23). The summed E-state index contributed by atoms with van der Waals surface area (Å²) in [5, 5.41) is 9.70. The molecule has 0 spiro atoms. The molecule has 2 amide bonds. The highest BCUT2D eigenvalue weighted by molar-refractivity contribution is 5.98. The minimum absolute atomic E-state index is 0.0156. The highest BCUT2D eigenvalue weighted by Gasteiger charge is 2.21. The number of nitrogens with one attached hydrogen (secondary N) is 1. The first-order chi connectivity index (χ1) is 12.7. The van der Waals surface area contributed by atoms with Crippen LogP contribution in [0.1, 0.15) is 38.3 Å². The largest absolute Gasteiger partial charge is 0.464 e. The summed E-state index contributed by atoms with van der Waals surface area (Å²) in [4.78, 5) is 26.4. The first-order valence-corrected chi connectivity index (χ1v) is 8.48. The second kappa shape index (κ2) is 6.65. The third-order valence-electron chi connectivity index (χ3n) is 4.79. The second-order valence-electron chi connectivity index (χ2n) is 6.43. The number of nitrogens with zero attached hydrogens (tertiary/aromatic N) is 1. The number of hydrogen-bond acceptors (Lipinski definition) is 4. The van der Waals surface area contributed by atoms with Gasteiger partial charge < -0.3 is 9.32 Å². The van der Waals surface area contributed by atoms with Crippen LogP contribution >= 0.6 is 0 Å². The molecule has 0 bridgehead atoms. The minimum Gasteiger partial charge on any atom is -0.464 e. The van der Waals surface area contributed by atoms with E-state index in [1.54, 1.807) is 29.9 Å². The van der Waals surface area contributed by atoms with Crippen LogP contribution in [0.3, 0.4) is 0 Å². The van der Waals surface area contributed by atoms with Crippen molar-refractivity contribution in [2.45, 2.75) is 19.4 Å². The molecule has 0 aliphatic carbocycles. The fourth-order valence-corrected chi connectivity index (χ4v) is 3.42. The maximum absolute atomic E-state index is 12.9. The molecule has 0 atom stereocenters. The highest BCUT2D eigenvalue weighted by atomic mass is 16.5. The molecule has 1 aliphatic rings. The summed E-state index contributed by atoms with van der Waals surface area (Å²) in [6.45, 7) is 1.15. The maximum atomic E-state index is 12.9. The number of carbonyl (C=O) groups is 2. The quantitative estimate of drug-likeness (QED) is 0.549. The van der Waals surface area contributed by atoms with E-state index < -0.39 is 5.91 Å². The fourth-order valence-electron chi connectivity index (χ4n) is 3.42. The van der Waals surface area contributed by atoms with Gasteiger partial charge in [0.25, 0.3) is 11.8 Å². The smallest absolute Gasteiger partial charge is 0.274 e. The van der Waals surface area contributed by atoms with Crippen LogP contribution in [0.25, 0.3) is 11.0 Å². The van der Waals surface area contributed by atoms with Gasteiger partial charge in [0, 0.05) is 29.6 Å². The maximum Gasteiger partial charge on any atom is 0.274 e. The average molecular weight is 350 g/mol. The van der Waals surface area contributed by atoms with Crippen LogP contribution in [0.2, 0.25) is 0 Å². The summed E-state index contributed by atoms with van der Waals surface area (Å²) in [6.07, 6.45) is 3.21. The summed E-state index contributed by atoms with van der Waals surface area (Å²) in [5.74, 6) is -0.545. The van der Waals surface area contributed by atoms with Crippen molar-refractivity contribution < 1.29 is 19.2 Å². The monoisotopic (exact) mass is 350 g/mol. The summed E-state index contributed by atoms with van der Waals surface area (Å²) in [6, 6.07) is 12.6. The molecule has 6 nitrogen and oxygen atoms in total. The molecule has 1 aliphatic heterocycles. The summed E-state index contributed by atoms with van der Waals surface area (Å²) < 4.78 is 5.33. The van der Waals surface area contributed by atoms with Gasteiger partial charge in [-0.3, -0.25) is 14.8 Å². The van der Waals surface area contributed by atoms with E-state index in [0.717, 1.165) is 34.9 Å². The van der Waals surface area contributed by atoms with Crippen molar-refractivity contribution in [3.8, 4) is 0 Å². The molecule has 4 rings (SSSR count). The molecule has 132 valence electrons. The lowest BCUT2D eigenvalue weighted by molar-refractivity contribution is 0.0705. The van der Waals surface area contributed by atoms with Gasteiger partial charge in [0.15, 0.2) is 0 Å². The lowest BCUT2D eigenvalue weighted by atomic mass is 10.0. The number of fused-ring (bicyclic) bond motifs is 2. The fraction of sp³-hybridized carbons (Fsp3) is 0.200. The van der Waals surface area contributed by atoms with E-state index >= 15 is 0 Å². The Hall–Kier alpha value is -3.12. The topological polar surface area (TPSA) is 82.8 Å². The molecule has 0 fully saturated rings. The number of hydrogen-bond donors (Lipinski definition) is 2. The molecule has 2 N–H and O–H groups in total. The third-order valence-corrected chi connectivity index (χ3v) is 4.79.